The van der Waals surface area contributed by atoms with Crippen molar-refractivity contribution in [2.75, 3.05) is 20.2 Å². The van der Waals surface area contributed by atoms with E-state index in [1.165, 1.54) is 0 Å². The van der Waals surface area contributed by atoms with E-state index in [1.54, 1.807) is 12.0 Å². The van der Waals surface area contributed by atoms with Crippen LogP contribution in [0.2, 0.25) is 0 Å². The maximum Gasteiger partial charge on any atom is 0.241 e. The predicted octanol–water partition coefficient (Wildman–Crippen LogP) is -0.419. The molecule has 0 bridgehead atoms. The molecule has 1 saturated heterocycles. The molecule has 0 aromatic carbocycles. The molecule has 0 aromatic rings. The highest BCUT2D eigenvalue weighted by Gasteiger charge is 2.36. The molecule has 4 heteroatoms. The molecule has 4 nitrogen and oxygen atoms in total. The van der Waals surface area contributed by atoms with Crippen LogP contribution in [0.5, 0.6) is 0 Å². The van der Waals surface area contributed by atoms with Crippen LogP contribution in [0.25, 0.3) is 0 Å². The summed E-state index contributed by atoms with van der Waals surface area (Å²) in [7, 11) is 1.64. The van der Waals surface area contributed by atoms with Crippen molar-refractivity contribution in [3.05, 3.63) is 0 Å². The number of ether oxygens (including phenoxy) is 1. The molecule has 1 heterocycles. The van der Waals surface area contributed by atoms with Crippen LogP contribution in [0.4, 0.5) is 0 Å². The molecule has 1 atom stereocenters. The molecule has 0 saturated carbocycles. The van der Waals surface area contributed by atoms with Crippen molar-refractivity contribution < 1.29 is 9.53 Å². The van der Waals surface area contributed by atoms with Crippen LogP contribution in [-0.2, 0) is 9.53 Å². The second-order valence-corrected chi connectivity index (χ2v) is 3.79. The molecule has 12 heavy (non-hydrogen) atoms. The molecule has 2 N–H and O–H groups in total. The van der Waals surface area contributed by atoms with Crippen molar-refractivity contribution in [1.29, 1.82) is 0 Å². The first-order chi connectivity index (χ1) is 5.46. The first-order valence-corrected chi connectivity index (χ1v) is 4.06. The van der Waals surface area contributed by atoms with Gasteiger partial charge in [-0.05, 0) is 13.8 Å². The molecule has 0 spiro atoms. The van der Waals surface area contributed by atoms with Gasteiger partial charge in [0.2, 0.25) is 5.91 Å². The van der Waals surface area contributed by atoms with Crippen molar-refractivity contribution >= 4 is 5.91 Å². The van der Waals surface area contributed by atoms with Crippen LogP contribution in [0.3, 0.4) is 0 Å². The van der Waals surface area contributed by atoms with E-state index < -0.39 is 0 Å². The molecule has 1 amide bonds. The number of amides is 1. The maximum absolute atomic E-state index is 11.1. The van der Waals surface area contributed by atoms with Crippen molar-refractivity contribution in [3.63, 3.8) is 0 Å². The highest BCUT2D eigenvalue weighted by Crippen LogP contribution is 2.15. The summed E-state index contributed by atoms with van der Waals surface area (Å²) in [6.07, 6.45) is 0. The standard InChI is InChI=1S/C8H16N2O2/c1-8(2,12-3)5-10-4-6(9)7(10)11/h6H,4-5,9H2,1-3H3. The van der Waals surface area contributed by atoms with E-state index in [9.17, 15) is 4.79 Å². The lowest BCUT2D eigenvalue weighted by atomic mass is 10.0. The quantitative estimate of drug-likeness (QED) is 0.588. The minimum atomic E-state index is -0.280. The molecule has 1 fully saturated rings. The molecule has 0 radical (unpaired) electrons. The van der Waals surface area contributed by atoms with Crippen LogP contribution in [0.1, 0.15) is 13.8 Å². The predicted molar refractivity (Wildman–Crippen MR) is 45.6 cm³/mol. The average molecular weight is 172 g/mol. The van der Waals surface area contributed by atoms with Crippen molar-refractivity contribution in [2.45, 2.75) is 25.5 Å². The van der Waals surface area contributed by atoms with Gasteiger partial charge in [0.25, 0.3) is 0 Å². The lowest BCUT2D eigenvalue weighted by Gasteiger charge is -2.40. The van der Waals surface area contributed by atoms with Gasteiger partial charge in [-0.15, -0.1) is 0 Å². The third-order valence-electron chi connectivity index (χ3n) is 2.17. The molecule has 1 rings (SSSR count). The Balaban J connectivity index is 2.39. The summed E-state index contributed by atoms with van der Waals surface area (Å²) in [5, 5.41) is 0. The van der Waals surface area contributed by atoms with Crippen LogP contribution in [0, 0.1) is 0 Å². The fourth-order valence-corrected chi connectivity index (χ4v) is 1.19. The van der Waals surface area contributed by atoms with Gasteiger partial charge in [-0.3, -0.25) is 4.79 Å². The summed E-state index contributed by atoms with van der Waals surface area (Å²) in [5.74, 6) is 0.0279. The van der Waals surface area contributed by atoms with Gasteiger partial charge in [0.1, 0.15) is 6.04 Å². The fourth-order valence-electron chi connectivity index (χ4n) is 1.19. The number of hydrogen-bond donors (Lipinski definition) is 1. The number of likely N-dealkylation sites (tertiary alicyclic amines) is 1. The number of hydrogen-bond acceptors (Lipinski definition) is 3. The normalized spacial score (nSPS) is 24.2. The molecule has 70 valence electrons. The summed E-state index contributed by atoms with van der Waals surface area (Å²) < 4.78 is 5.19. The van der Waals surface area contributed by atoms with E-state index in [-0.39, 0.29) is 17.6 Å². The van der Waals surface area contributed by atoms with Gasteiger partial charge >= 0.3 is 0 Å². The van der Waals surface area contributed by atoms with Crippen LogP contribution in [-0.4, -0.2) is 42.6 Å². The summed E-state index contributed by atoms with van der Waals surface area (Å²) in [4.78, 5) is 12.8. The summed E-state index contributed by atoms with van der Waals surface area (Å²) in [6.45, 7) is 5.18. The van der Waals surface area contributed by atoms with E-state index in [0.29, 0.717) is 13.1 Å². The summed E-state index contributed by atoms with van der Waals surface area (Å²) >= 11 is 0. The Morgan fingerprint density at radius 2 is 2.33 bits per heavy atom. The zero-order valence-corrected chi connectivity index (χ0v) is 7.83. The fraction of sp³-hybridized carbons (Fsp3) is 0.875. The van der Waals surface area contributed by atoms with Gasteiger partial charge in [-0.1, -0.05) is 0 Å². The highest BCUT2D eigenvalue weighted by atomic mass is 16.5. The van der Waals surface area contributed by atoms with Crippen LogP contribution >= 0.6 is 0 Å². The Kier molecular flexibility index (Phi) is 2.39. The number of β-lactam (4-membered cyclic amide) rings is 1. The van der Waals surface area contributed by atoms with Gasteiger partial charge in [0.05, 0.1) is 5.60 Å². The molecular weight excluding hydrogens is 156 g/mol. The Bertz CT molecular complexity index is 191. The minimum absolute atomic E-state index is 0.0279. The van der Waals surface area contributed by atoms with Crippen molar-refractivity contribution in [3.8, 4) is 0 Å². The Morgan fingerprint density at radius 1 is 1.75 bits per heavy atom. The van der Waals surface area contributed by atoms with E-state index in [4.69, 9.17) is 10.5 Å². The van der Waals surface area contributed by atoms with E-state index in [0.717, 1.165) is 0 Å². The zero-order chi connectivity index (χ0) is 9.35. The van der Waals surface area contributed by atoms with Crippen LogP contribution in [0.15, 0.2) is 0 Å². The number of nitrogens with two attached hydrogens (primary N) is 1. The lowest BCUT2D eigenvalue weighted by molar-refractivity contribution is -0.147. The monoisotopic (exact) mass is 172 g/mol. The van der Waals surface area contributed by atoms with E-state index in [1.807, 2.05) is 13.8 Å². The Hall–Kier alpha value is -0.610. The Labute approximate surface area is 72.7 Å². The van der Waals surface area contributed by atoms with Gasteiger partial charge in [-0.25, -0.2) is 0 Å². The van der Waals surface area contributed by atoms with Gasteiger partial charge in [-0.2, -0.15) is 0 Å². The molecule has 1 aliphatic heterocycles. The largest absolute Gasteiger partial charge is 0.377 e. The first kappa shape index (κ1) is 9.48. The summed E-state index contributed by atoms with van der Waals surface area (Å²) in [6, 6.07) is -0.280. The molecule has 1 unspecified atom stereocenters. The molecule has 1 aliphatic rings. The lowest BCUT2D eigenvalue weighted by Crippen LogP contribution is -2.63. The highest BCUT2D eigenvalue weighted by molar-refractivity contribution is 5.87. The topological polar surface area (TPSA) is 55.6 Å². The van der Waals surface area contributed by atoms with Gasteiger partial charge < -0.3 is 15.4 Å². The number of carbonyl (C=O) groups is 1. The average Bonchev–Trinajstić information content (AvgIpc) is 2.03. The van der Waals surface area contributed by atoms with E-state index in [2.05, 4.69) is 0 Å². The van der Waals surface area contributed by atoms with E-state index >= 15 is 0 Å². The first-order valence-electron chi connectivity index (χ1n) is 4.06. The second kappa shape index (κ2) is 3.03. The molecule has 0 aromatic heterocycles. The summed E-state index contributed by atoms with van der Waals surface area (Å²) in [5.41, 5.74) is 5.17. The zero-order valence-electron chi connectivity index (χ0n) is 7.83. The Morgan fingerprint density at radius 3 is 2.67 bits per heavy atom. The molecular formula is C8H16N2O2. The second-order valence-electron chi connectivity index (χ2n) is 3.79. The molecule has 0 aliphatic carbocycles. The number of methoxy groups -OCH3 is 1. The number of carbonyl (C=O) groups excluding carboxylic acids is 1. The van der Waals surface area contributed by atoms with Gasteiger partial charge in [0.15, 0.2) is 0 Å². The van der Waals surface area contributed by atoms with Crippen molar-refractivity contribution in [1.82, 2.24) is 4.90 Å². The SMILES string of the molecule is COC(C)(C)CN1CC(N)C1=O. The number of nitrogens with zero attached hydrogens (tertiary/aromatic N) is 1. The van der Waals surface area contributed by atoms with Crippen LogP contribution < -0.4 is 5.73 Å². The third-order valence-corrected chi connectivity index (χ3v) is 2.17. The smallest absolute Gasteiger partial charge is 0.241 e. The maximum atomic E-state index is 11.1. The van der Waals surface area contributed by atoms with Crippen molar-refractivity contribution in [2.24, 2.45) is 5.73 Å². The van der Waals surface area contributed by atoms with Gasteiger partial charge in [0, 0.05) is 20.2 Å². The third kappa shape index (κ3) is 1.76. The number of rotatable bonds is 3. The minimum Gasteiger partial charge on any atom is -0.377 e.